The smallest absolute Gasteiger partial charge is 0.122 e. The third-order valence-electron chi connectivity index (χ3n) is 1.56. The van der Waals surface area contributed by atoms with Gasteiger partial charge in [0.2, 0.25) is 0 Å². The van der Waals surface area contributed by atoms with E-state index < -0.39 is 0 Å². The van der Waals surface area contributed by atoms with Crippen LogP contribution >= 0.6 is 18.5 Å². The molecular formula is C8H13NOP2. The van der Waals surface area contributed by atoms with Gasteiger partial charge >= 0.3 is 0 Å². The van der Waals surface area contributed by atoms with Crippen molar-refractivity contribution < 1.29 is 4.74 Å². The standard InChI is InChI=1S/C8H13NOP2/c1-10-8-2-6(4-11)9-7(3-8)5-12/h2-3H,4-5,11-12H2,1H3. The second-order valence-electron chi connectivity index (χ2n) is 2.40. The van der Waals surface area contributed by atoms with Crippen molar-refractivity contribution in [2.75, 3.05) is 7.11 Å². The predicted molar refractivity (Wildman–Crippen MR) is 57.6 cm³/mol. The molecule has 66 valence electrons. The number of hydrogen-bond donors (Lipinski definition) is 0. The van der Waals surface area contributed by atoms with Gasteiger partial charge in [-0.15, -0.1) is 18.5 Å². The minimum absolute atomic E-state index is 0.870. The summed E-state index contributed by atoms with van der Waals surface area (Å²) in [6.45, 7) is 0. The normalized spacial score (nSPS) is 9.92. The van der Waals surface area contributed by atoms with E-state index >= 15 is 0 Å². The van der Waals surface area contributed by atoms with Gasteiger partial charge in [-0.25, -0.2) is 0 Å². The van der Waals surface area contributed by atoms with Gasteiger partial charge in [0.1, 0.15) is 5.75 Å². The van der Waals surface area contributed by atoms with Gasteiger partial charge in [0.15, 0.2) is 0 Å². The van der Waals surface area contributed by atoms with E-state index in [9.17, 15) is 0 Å². The molecule has 2 atom stereocenters. The minimum atomic E-state index is 0.870. The number of nitrogens with zero attached hydrogens (tertiary/aromatic N) is 1. The fourth-order valence-corrected chi connectivity index (χ4v) is 1.36. The first-order valence-electron chi connectivity index (χ1n) is 3.74. The van der Waals surface area contributed by atoms with Crippen LogP contribution in [0.5, 0.6) is 5.75 Å². The van der Waals surface area contributed by atoms with Gasteiger partial charge in [-0.05, 0) is 0 Å². The highest BCUT2D eigenvalue weighted by atomic mass is 31.0. The Morgan fingerprint density at radius 3 is 2.08 bits per heavy atom. The average molecular weight is 201 g/mol. The molecular weight excluding hydrogens is 188 g/mol. The van der Waals surface area contributed by atoms with E-state index in [4.69, 9.17) is 4.74 Å². The van der Waals surface area contributed by atoms with Gasteiger partial charge in [0.05, 0.1) is 7.11 Å². The Kier molecular flexibility index (Phi) is 3.91. The number of ether oxygens (including phenoxy) is 1. The minimum Gasteiger partial charge on any atom is -0.497 e. The van der Waals surface area contributed by atoms with Crippen molar-refractivity contribution >= 4 is 18.5 Å². The van der Waals surface area contributed by atoms with Crippen LogP contribution < -0.4 is 4.74 Å². The summed E-state index contributed by atoms with van der Waals surface area (Å²) in [6.07, 6.45) is 1.74. The van der Waals surface area contributed by atoms with Crippen molar-refractivity contribution in [2.45, 2.75) is 12.3 Å². The zero-order chi connectivity index (χ0) is 8.97. The quantitative estimate of drug-likeness (QED) is 0.696. The molecule has 0 radical (unpaired) electrons. The number of aromatic nitrogens is 1. The topological polar surface area (TPSA) is 22.1 Å². The van der Waals surface area contributed by atoms with Crippen LogP contribution in [0, 0.1) is 0 Å². The summed E-state index contributed by atoms with van der Waals surface area (Å²) in [5, 5.41) is 0. The van der Waals surface area contributed by atoms with Crippen LogP contribution in [0.2, 0.25) is 0 Å². The molecule has 0 amide bonds. The molecule has 0 bridgehead atoms. The lowest BCUT2D eigenvalue weighted by Crippen LogP contribution is -1.93. The third kappa shape index (κ3) is 2.40. The molecule has 0 N–H and O–H groups in total. The molecule has 12 heavy (non-hydrogen) atoms. The molecule has 0 aromatic carbocycles. The number of rotatable bonds is 3. The highest BCUT2D eigenvalue weighted by molar-refractivity contribution is 7.15. The number of methoxy groups -OCH3 is 1. The van der Waals surface area contributed by atoms with E-state index in [1.165, 1.54) is 0 Å². The van der Waals surface area contributed by atoms with Crippen molar-refractivity contribution in [1.82, 2.24) is 4.98 Å². The van der Waals surface area contributed by atoms with Gasteiger partial charge in [0, 0.05) is 35.8 Å². The largest absolute Gasteiger partial charge is 0.497 e. The van der Waals surface area contributed by atoms with Crippen LogP contribution in [0.25, 0.3) is 0 Å². The summed E-state index contributed by atoms with van der Waals surface area (Å²) in [5.41, 5.74) is 2.11. The molecule has 0 aliphatic heterocycles. The van der Waals surface area contributed by atoms with E-state index in [2.05, 4.69) is 23.5 Å². The maximum absolute atomic E-state index is 5.14. The summed E-state index contributed by atoms with van der Waals surface area (Å²) in [7, 11) is 6.99. The van der Waals surface area contributed by atoms with Crippen molar-refractivity contribution in [1.29, 1.82) is 0 Å². The van der Waals surface area contributed by atoms with Gasteiger partial charge in [-0.3, -0.25) is 4.98 Å². The first-order chi connectivity index (χ1) is 5.80. The van der Waals surface area contributed by atoms with Crippen LogP contribution in [0.1, 0.15) is 11.4 Å². The van der Waals surface area contributed by atoms with E-state index in [1.807, 2.05) is 12.1 Å². The molecule has 1 heterocycles. The molecule has 2 nitrogen and oxygen atoms in total. The van der Waals surface area contributed by atoms with Crippen molar-refractivity contribution in [2.24, 2.45) is 0 Å². The Morgan fingerprint density at radius 2 is 1.75 bits per heavy atom. The summed E-state index contributed by atoms with van der Waals surface area (Å²) >= 11 is 0. The number of pyridine rings is 1. The molecule has 0 saturated heterocycles. The second kappa shape index (κ2) is 4.74. The molecule has 0 spiro atoms. The van der Waals surface area contributed by atoms with Crippen molar-refractivity contribution in [3.05, 3.63) is 23.5 Å². The molecule has 2 unspecified atom stereocenters. The van der Waals surface area contributed by atoms with Gasteiger partial charge in [0.25, 0.3) is 0 Å². The highest BCUT2D eigenvalue weighted by Crippen LogP contribution is 2.17. The molecule has 0 aliphatic rings. The summed E-state index contributed by atoms with van der Waals surface area (Å²) < 4.78 is 5.14. The number of hydrogen-bond acceptors (Lipinski definition) is 2. The van der Waals surface area contributed by atoms with Gasteiger partial charge in [-0.1, -0.05) is 0 Å². The molecule has 1 rings (SSSR count). The first-order valence-corrected chi connectivity index (χ1v) is 5.37. The third-order valence-corrected chi connectivity index (χ3v) is 2.40. The summed E-state index contributed by atoms with van der Waals surface area (Å²) in [5.74, 6) is 0.889. The molecule has 0 saturated carbocycles. The highest BCUT2D eigenvalue weighted by Gasteiger charge is 1.99. The molecule has 1 aromatic rings. The van der Waals surface area contributed by atoms with E-state index in [-0.39, 0.29) is 0 Å². The Hall–Kier alpha value is -0.190. The van der Waals surface area contributed by atoms with Crippen LogP contribution in [0.15, 0.2) is 12.1 Å². The molecule has 0 fully saturated rings. The Bertz CT molecular complexity index is 210. The molecule has 4 heteroatoms. The van der Waals surface area contributed by atoms with Crippen LogP contribution in [0.4, 0.5) is 0 Å². The van der Waals surface area contributed by atoms with Crippen molar-refractivity contribution in [3.8, 4) is 5.75 Å². The lowest BCUT2D eigenvalue weighted by Gasteiger charge is -2.04. The van der Waals surface area contributed by atoms with E-state index in [0.717, 1.165) is 29.5 Å². The molecule has 1 aromatic heterocycles. The maximum Gasteiger partial charge on any atom is 0.122 e. The maximum atomic E-state index is 5.14. The van der Waals surface area contributed by atoms with Gasteiger partial charge in [-0.2, -0.15) is 0 Å². The summed E-state index contributed by atoms with van der Waals surface area (Å²) in [6, 6.07) is 3.91. The molecule has 0 aliphatic carbocycles. The van der Waals surface area contributed by atoms with Crippen LogP contribution in [0.3, 0.4) is 0 Å². The Morgan fingerprint density at radius 1 is 1.25 bits per heavy atom. The van der Waals surface area contributed by atoms with Gasteiger partial charge < -0.3 is 4.74 Å². The SMILES string of the molecule is COc1cc(CP)nc(CP)c1. The lowest BCUT2D eigenvalue weighted by atomic mass is 10.3. The second-order valence-corrected chi connectivity index (χ2v) is 3.21. The van der Waals surface area contributed by atoms with Crippen LogP contribution in [-0.2, 0) is 12.3 Å². The predicted octanol–water partition coefficient (Wildman–Crippen LogP) is 1.84. The Labute approximate surface area is 77.5 Å². The first kappa shape index (κ1) is 9.89. The van der Waals surface area contributed by atoms with Crippen LogP contribution in [-0.4, -0.2) is 12.1 Å². The Balaban J connectivity index is 3.01. The fraction of sp³-hybridized carbons (Fsp3) is 0.375. The monoisotopic (exact) mass is 201 g/mol. The zero-order valence-corrected chi connectivity index (χ0v) is 9.39. The lowest BCUT2D eigenvalue weighted by molar-refractivity contribution is 0.413. The average Bonchev–Trinajstić information content (AvgIpc) is 2.16. The zero-order valence-electron chi connectivity index (χ0n) is 7.08. The van der Waals surface area contributed by atoms with E-state index in [1.54, 1.807) is 7.11 Å². The van der Waals surface area contributed by atoms with Crippen molar-refractivity contribution in [3.63, 3.8) is 0 Å². The fourth-order valence-electron chi connectivity index (χ4n) is 0.946. The van der Waals surface area contributed by atoms with E-state index in [0.29, 0.717) is 0 Å². The summed E-state index contributed by atoms with van der Waals surface area (Å²) in [4.78, 5) is 4.40.